The highest BCUT2D eigenvalue weighted by Crippen LogP contribution is 2.27. The maximum Gasteiger partial charge on any atom is 0.252 e. The standard InChI is InChI=1S/C16H15NO3S/c1-16(19,10-17-15(18)12-6-7-21-9-12)14-8-11-4-2-3-5-13(11)20-14/h2-9,19H,10H2,1H3,(H,17,18)/t16-/m1/s1. The molecule has 3 aromatic rings. The summed E-state index contributed by atoms with van der Waals surface area (Å²) >= 11 is 1.46. The van der Waals surface area contributed by atoms with Gasteiger partial charge in [-0.05, 0) is 30.5 Å². The van der Waals surface area contributed by atoms with Crippen LogP contribution >= 0.6 is 11.3 Å². The molecule has 1 aromatic carbocycles. The molecular formula is C16H15NO3S. The molecule has 0 aliphatic heterocycles. The van der Waals surface area contributed by atoms with Gasteiger partial charge in [0.05, 0.1) is 6.54 Å². The predicted octanol–water partition coefficient (Wildman–Crippen LogP) is 3.13. The smallest absolute Gasteiger partial charge is 0.252 e. The second kappa shape index (κ2) is 5.35. The second-order valence-corrected chi connectivity index (χ2v) is 5.90. The van der Waals surface area contributed by atoms with E-state index in [1.54, 1.807) is 24.4 Å². The van der Waals surface area contributed by atoms with Crippen LogP contribution in [-0.2, 0) is 5.60 Å². The average molecular weight is 301 g/mol. The number of furan rings is 1. The topological polar surface area (TPSA) is 62.5 Å². The van der Waals surface area contributed by atoms with E-state index < -0.39 is 5.60 Å². The van der Waals surface area contributed by atoms with Gasteiger partial charge < -0.3 is 14.8 Å². The van der Waals surface area contributed by atoms with Crippen molar-refractivity contribution in [3.63, 3.8) is 0 Å². The first-order chi connectivity index (χ1) is 10.1. The Kier molecular flexibility index (Phi) is 3.53. The number of thiophene rings is 1. The van der Waals surface area contributed by atoms with Crippen molar-refractivity contribution < 1.29 is 14.3 Å². The number of fused-ring (bicyclic) bond motifs is 1. The number of hydrogen-bond donors (Lipinski definition) is 2. The van der Waals surface area contributed by atoms with Gasteiger partial charge in [0.25, 0.3) is 5.91 Å². The molecule has 1 amide bonds. The third kappa shape index (κ3) is 2.84. The zero-order valence-corrected chi connectivity index (χ0v) is 12.3. The Morgan fingerprint density at radius 3 is 2.90 bits per heavy atom. The number of carbonyl (C=O) groups is 1. The molecule has 0 spiro atoms. The minimum atomic E-state index is -1.26. The molecule has 5 heteroatoms. The van der Waals surface area contributed by atoms with E-state index in [0.29, 0.717) is 11.3 Å². The van der Waals surface area contributed by atoms with Crippen LogP contribution < -0.4 is 5.32 Å². The number of benzene rings is 1. The zero-order chi connectivity index (χ0) is 14.9. The molecule has 2 heterocycles. The van der Waals surface area contributed by atoms with Crippen molar-refractivity contribution in [2.24, 2.45) is 0 Å². The molecule has 0 radical (unpaired) electrons. The van der Waals surface area contributed by atoms with Crippen LogP contribution in [0.3, 0.4) is 0 Å². The lowest BCUT2D eigenvalue weighted by molar-refractivity contribution is 0.0344. The molecular weight excluding hydrogens is 286 g/mol. The summed E-state index contributed by atoms with van der Waals surface area (Å²) in [7, 11) is 0. The SMILES string of the molecule is C[C@@](O)(CNC(=O)c1ccsc1)c1cc2ccccc2o1. The average Bonchev–Trinajstić information content (AvgIpc) is 3.13. The Hall–Kier alpha value is -2.11. The minimum absolute atomic E-state index is 0.0848. The number of nitrogens with one attached hydrogen (secondary N) is 1. The molecule has 0 saturated carbocycles. The number of hydrogen-bond acceptors (Lipinski definition) is 4. The number of carbonyl (C=O) groups excluding carboxylic acids is 1. The molecule has 2 N–H and O–H groups in total. The molecule has 0 bridgehead atoms. The Bertz CT molecular complexity index is 726. The highest BCUT2D eigenvalue weighted by molar-refractivity contribution is 7.08. The summed E-state index contributed by atoms with van der Waals surface area (Å²) in [6, 6.07) is 11.1. The van der Waals surface area contributed by atoms with Crippen LogP contribution in [0.4, 0.5) is 0 Å². The molecule has 108 valence electrons. The number of aliphatic hydroxyl groups is 1. The molecule has 21 heavy (non-hydrogen) atoms. The van der Waals surface area contributed by atoms with Crippen molar-refractivity contribution in [2.75, 3.05) is 6.54 Å². The summed E-state index contributed by atoms with van der Waals surface area (Å²) in [6.45, 7) is 1.71. The first-order valence-electron chi connectivity index (χ1n) is 6.58. The first-order valence-corrected chi connectivity index (χ1v) is 7.52. The number of amides is 1. The minimum Gasteiger partial charge on any atom is -0.458 e. The first kappa shape index (κ1) is 13.9. The van der Waals surface area contributed by atoms with Crippen LogP contribution in [0.1, 0.15) is 23.0 Å². The molecule has 0 saturated heterocycles. The van der Waals surface area contributed by atoms with E-state index in [1.807, 2.05) is 29.6 Å². The van der Waals surface area contributed by atoms with Crippen LogP contribution in [0.15, 0.2) is 51.6 Å². The summed E-state index contributed by atoms with van der Waals surface area (Å²) in [4.78, 5) is 11.9. The molecule has 4 nitrogen and oxygen atoms in total. The van der Waals surface area contributed by atoms with E-state index in [9.17, 15) is 9.90 Å². The molecule has 0 fully saturated rings. The summed E-state index contributed by atoms with van der Waals surface area (Å²) in [5.41, 5.74) is 0.0578. The lowest BCUT2D eigenvalue weighted by Crippen LogP contribution is -2.38. The van der Waals surface area contributed by atoms with Gasteiger partial charge >= 0.3 is 0 Å². The van der Waals surface area contributed by atoms with Gasteiger partial charge in [-0.2, -0.15) is 11.3 Å². The molecule has 1 atom stereocenters. The number of para-hydroxylation sites is 1. The van der Waals surface area contributed by atoms with E-state index in [1.165, 1.54) is 11.3 Å². The van der Waals surface area contributed by atoms with Crippen LogP contribution in [0, 0.1) is 0 Å². The summed E-state index contributed by atoms with van der Waals surface area (Å²) in [5.74, 6) is 0.238. The number of rotatable bonds is 4. The predicted molar refractivity (Wildman–Crippen MR) is 82.4 cm³/mol. The Morgan fingerprint density at radius 1 is 1.38 bits per heavy atom. The van der Waals surface area contributed by atoms with Gasteiger partial charge in [-0.25, -0.2) is 0 Å². The quantitative estimate of drug-likeness (QED) is 0.778. The third-order valence-corrected chi connectivity index (χ3v) is 4.02. The summed E-state index contributed by atoms with van der Waals surface area (Å²) in [6.07, 6.45) is 0. The fourth-order valence-electron chi connectivity index (χ4n) is 2.08. The van der Waals surface area contributed by atoms with Gasteiger partial charge in [0.1, 0.15) is 16.9 Å². The van der Waals surface area contributed by atoms with Gasteiger partial charge in [0.2, 0.25) is 0 Å². The second-order valence-electron chi connectivity index (χ2n) is 5.12. The van der Waals surface area contributed by atoms with Crippen LogP contribution in [-0.4, -0.2) is 17.6 Å². The fraction of sp³-hybridized carbons (Fsp3) is 0.188. The molecule has 0 unspecified atom stereocenters. The van der Waals surface area contributed by atoms with Crippen LogP contribution in [0.5, 0.6) is 0 Å². The van der Waals surface area contributed by atoms with Crippen molar-refractivity contribution in [3.05, 3.63) is 58.5 Å². The van der Waals surface area contributed by atoms with E-state index in [-0.39, 0.29) is 12.5 Å². The molecule has 3 rings (SSSR count). The molecule has 2 aromatic heterocycles. The Balaban J connectivity index is 1.75. The maximum absolute atomic E-state index is 11.9. The van der Waals surface area contributed by atoms with Gasteiger partial charge in [0, 0.05) is 16.3 Å². The van der Waals surface area contributed by atoms with E-state index in [2.05, 4.69) is 5.32 Å². The van der Waals surface area contributed by atoms with E-state index >= 15 is 0 Å². The van der Waals surface area contributed by atoms with Crippen molar-refractivity contribution in [1.29, 1.82) is 0 Å². The van der Waals surface area contributed by atoms with Gasteiger partial charge in [-0.3, -0.25) is 4.79 Å². The Morgan fingerprint density at radius 2 is 2.19 bits per heavy atom. The lowest BCUT2D eigenvalue weighted by atomic mass is 10.0. The van der Waals surface area contributed by atoms with E-state index in [0.717, 1.165) is 11.0 Å². The summed E-state index contributed by atoms with van der Waals surface area (Å²) in [5, 5.41) is 17.8. The van der Waals surface area contributed by atoms with Crippen molar-refractivity contribution in [3.8, 4) is 0 Å². The molecule has 0 aliphatic carbocycles. The van der Waals surface area contributed by atoms with Gasteiger partial charge in [-0.1, -0.05) is 18.2 Å². The van der Waals surface area contributed by atoms with Crippen molar-refractivity contribution >= 4 is 28.2 Å². The maximum atomic E-state index is 11.9. The van der Waals surface area contributed by atoms with Gasteiger partial charge in [0.15, 0.2) is 0 Å². The highest BCUT2D eigenvalue weighted by Gasteiger charge is 2.28. The normalized spacial score (nSPS) is 14.0. The van der Waals surface area contributed by atoms with Gasteiger partial charge in [-0.15, -0.1) is 0 Å². The molecule has 0 aliphatic rings. The zero-order valence-electron chi connectivity index (χ0n) is 11.5. The van der Waals surface area contributed by atoms with Crippen LogP contribution in [0.2, 0.25) is 0 Å². The van der Waals surface area contributed by atoms with Crippen molar-refractivity contribution in [1.82, 2.24) is 5.32 Å². The largest absolute Gasteiger partial charge is 0.458 e. The summed E-state index contributed by atoms with van der Waals surface area (Å²) < 4.78 is 5.66. The monoisotopic (exact) mass is 301 g/mol. The Labute approximate surface area is 126 Å². The fourth-order valence-corrected chi connectivity index (χ4v) is 2.72. The lowest BCUT2D eigenvalue weighted by Gasteiger charge is -2.20. The van der Waals surface area contributed by atoms with Crippen molar-refractivity contribution in [2.45, 2.75) is 12.5 Å². The third-order valence-electron chi connectivity index (χ3n) is 3.33. The van der Waals surface area contributed by atoms with Crippen LogP contribution in [0.25, 0.3) is 11.0 Å². The highest BCUT2D eigenvalue weighted by atomic mass is 32.1. The van der Waals surface area contributed by atoms with E-state index in [4.69, 9.17) is 4.42 Å².